The summed E-state index contributed by atoms with van der Waals surface area (Å²) >= 11 is 0. The molecule has 1 unspecified atom stereocenters. The minimum atomic E-state index is 0.476. The van der Waals surface area contributed by atoms with Gasteiger partial charge in [-0.1, -0.05) is 47.0 Å². The Kier molecular flexibility index (Phi) is 7.38. The SMILES string of the molecule is CCCCC(CCC)Nc1nnc(CC)c(CC)n1. The van der Waals surface area contributed by atoms with Crippen molar-refractivity contribution in [2.24, 2.45) is 0 Å². The van der Waals surface area contributed by atoms with Crippen LogP contribution in [-0.2, 0) is 12.8 Å². The van der Waals surface area contributed by atoms with Crippen LogP contribution in [0.15, 0.2) is 0 Å². The maximum absolute atomic E-state index is 4.61. The van der Waals surface area contributed by atoms with E-state index in [1.807, 2.05) is 0 Å². The van der Waals surface area contributed by atoms with Gasteiger partial charge in [0.05, 0.1) is 11.4 Å². The van der Waals surface area contributed by atoms with Gasteiger partial charge in [-0.2, -0.15) is 5.10 Å². The van der Waals surface area contributed by atoms with E-state index in [4.69, 9.17) is 0 Å². The Balaban J connectivity index is 2.72. The number of hydrogen-bond acceptors (Lipinski definition) is 4. The number of nitrogens with zero attached hydrogens (tertiary/aromatic N) is 3. The van der Waals surface area contributed by atoms with E-state index in [0.717, 1.165) is 24.2 Å². The molecular weight excluding hydrogens is 236 g/mol. The van der Waals surface area contributed by atoms with Crippen molar-refractivity contribution in [2.45, 2.75) is 78.7 Å². The Bertz CT molecular complexity index is 365. The molecule has 108 valence electrons. The maximum atomic E-state index is 4.61. The molecule has 0 radical (unpaired) electrons. The van der Waals surface area contributed by atoms with Gasteiger partial charge < -0.3 is 5.32 Å². The van der Waals surface area contributed by atoms with Crippen LogP contribution >= 0.6 is 0 Å². The zero-order valence-electron chi connectivity index (χ0n) is 12.9. The summed E-state index contributed by atoms with van der Waals surface area (Å²) in [6, 6.07) is 0.476. The van der Waals surface area contributed by atoms with Gasteiger partial charge in [0.25, 0.3) is 0 Å². The van der Waals surface area contributed by atoms with Gasteiger partial charge >= 0.3 is 0 Å². The van der Waals surface area contributed by atoms with Gasteiger partial charge in [-0.15, -0.1) is 5.10 Å². The summed E-state index contributed by atoms with van der Waals surface area (Å²) in [5.41, 5.74) is 2.10. The fraction of sp³-hybridized carbons (Fsp3) is 0.800. The molecule has 1 rings (SSSR count). The molecule has 0 saturated heterocycles. The lowest BCUT2D eigenvalue weighted by Gasteiger charge is -2.18. The van der Waals surface area contributed by atoms with Crippen LogP contribution < -0.4 is 5.32 Å². The predicted octanol–water partition coefficient (Wildman–Crippen LogP) is 3.77. The van der Waals surface area contributed by atoms with E-state index in [0.29, 0.717) is 12.0 Å². The second-order valence-electron chi connectivity index (χ2n) is 5.01. The first-order chi connectivity index (χ1) is 9.24. The molecule has 0 aliphatic rings. The van der Waals surface area contributed by atoms with E-state index >= 15 is 0 Å². The van der Waals surface area contributed by atoms with E-state index in [1.165, 1.54) is 32.1 Å². The van der Waals surface area contributed by atoms with E-state index in [2.05, 4.69) is 48.2 Å². The minimum absolute atomic E-state index is 0.476. The van der Waals surface area contributed by atoms with Crippen molar-refractivity contribution in [1.82, 2.24) is 15.2 Å². The van der Waals surface area contributed by atoms with E-state index in [1.54, 1.807) is 0 Å². The van der Waals surface area contributed by atoms with Crippen molar-refractivity contribution in [3.8, 4) is 0 Å². The molecule has 1 N–H and O–H groups in total. The average Bonchev–Trinajstić information content (AvgIpc) is 2.44. The first-order valence-corrected chi connectivity index (χ1v) is 7.74. The average molecular weight is 264 g/mol. The number of anilines is 1. The third kappa shape index (κ3) is 5.13. The first-order valence-electron chi connectivity index (χ1n) is 7.74. The van der Waals surface area contributed by atoms with Crippen LogP contribution in [-0.4, -0.2) is 21.2 Å². The molecule has 1 heterocycles. The summed E-state index contributed by atoms with van der Waals surface area (Å²) in [6.07, 6.45) is 7.83. The molecule has 0 bridgehead atoms. The molecule has 4 heteroatoms. The van der Waals surface area contributed by atoms with Crippen LogP contribution in [0.2, 0.25) is 0 Å². The van der Waals surface area contributed by atoms with Crippen molar-refractivity contribution in [3.05, 3.63) is 11.4 Å². The predicted molar refractivity (Wildman–Crippen MR) is 80.4 cm³/mol. The monoisotopic (exact) mass is 264 g/mol. The Labute approximate surface area is 117 Å². The van der Waals surface area contributed by atoms with Crippen LogP contribution in [0.3, 0.4) is 0 Å². The van der Waals surface area contributed by atoms with Crippen molar-refractivity contribution in [2.75, 3.05) is 5.32 Å². The zero-order chi connectivity index (χ0) is 14.1. The topological polar surface area (TPSA) is 50.7 Å². The molecule has 0 spiro atoms. The summed E-state index contributed by atoms with van der Waals surface area (Å²) in [4.78, 5) is 4.61. The lowest BCUT2D eigenvalue weighted by molar-refractivity contribution is 0.559. The van der Waals surface area contributed by atoms with E-state index in [9.17, 15) is 0 Å². The second kappa shape index (κ2) is 8.83. The van der Waals surface area contributed by atoms with Crippen molar-refractivity contribution in [1.29, 1.82) is 0 Å². The molecule has 0 amide bonds. The Hall–Kier alpha value is -1.19. The van der Waals surface area contributed by atoms with Gasteiger partial charge in [0.1, 0.15) is 0 Å². The zero-order valence-corrected chi connectivity index (χ0v) is 12.9. The lowest BCUT2D eigenvalue weighted by atomic mass is 10.1. The Morgan fingerprint density at radius 3 is 2.21 bits per heavy atom. The third-order valence-electron chi connectivity index (χ3n) is 3.39. The molecule has 0 aliphatic carbocycles. The van der Waals surface area contributed by atoms with Crippen LogP contribution in [0.4, 0.5) is 5.95 Å². The lowest BCUT2D eigenvalue weighted by Crippen LogP contribution is -2.22. The molecule has 1 aromatic rings. The van der Waals surface area contributed by atoms with Crippen LogP contribution in [0.5, 0.6) is 0 Å². The molecular formula is C15H28N4. The quantitative estimate of drug-likeness (QED) is 0.737. The number of aryl methyl sites for hydroxylation is 2. The summed E-state index contributed by atoms with van der Waals surface area (Å²) < 4.78 is 0. The van der Waals surface area contributed by atoms with Crippen molar-refractivity contribution in [3.63, 3.8) is 0 Å². The standard InChI is InChI=1S/C15H28N4/c1-5-9-11-12(10-6-2)16-15-17-13(7-3)14(8-4)18-19-15/h12H,5-11H2,1-4H3,(H,16,17,19). The van der Waals surface area contributed by atoms with Gasteiger partial charge in [0, 0.05) is 6.04 Å². The van der Waals surface area contributed by atoms with E-state index in [-0.39, 0.29) is 0 Å². The van der Waals surface area contributed by atoms with Crippen molar-refractivity contribution < 1.29 is 0 Å². The summed E-state index contributed by atoms with van der Waals surface area (Å²) in [5.74, 6) is 0.698. The van der Waals surface area contributed by atoms with Gasteiger partial charge in [0.2, 0.25) is 5.95 Å². The summed E-state index contributed by atoms with van der Waals surface area (Å²) in [5, 5.41) is 12.0. The molecule has 19 heavy (non-hydrogen) atoms. The fourth-order valence-electron chi connectivity index (χ4n) is 2.27. The highest BCUT2D eigenvalue weighted by Crippen LogP contribution is 2.13. The van der Waals surface area contributed by atoms with Crippen LogP contribution in [0, 0.1) is 0 Å². The molecule has 4 nitrogen and oxygen atoms in total. The normalized spacial score (nSPS) is 12.4. The van der Waals surface area contributed by atoms with Crippen LogP contribution in [0.1, 0.15) is 71.2 Å². The number of nitrogens with one attached hydrogen (secondary N) is 1. The number of rotatable bonds is 9. The number of hydrogen-bond donors (Lipinski definition) is 1. The Morgan fingerprint density at radius 2 is 1.63 bits per heavy atom. The van der Waals surface area contributed by atoms with Gasteiger partial charge in [0.15, 0.2) is 0 Å². The maximum Gasteiger partial charge on any atom is 0.243 e. The van der Waals surface area contributed by atoms with Gasteiger partial charge in [-0.3, -0.25) is 0 Å². The highest BCUT2D eigenvalue weighted by Gasteiger charge is 2.11. The highest BCUT2D eigenvalue weighted by molar-refractivity contribution is 5.27. The summed E-state index contributed by atoms with van der Waals surface area (Å²) in [6.45, 7) is 8.66. The minimum Gasteiger partial charge on any atom is -0.350 e. The molecule has 0 saturated carbocycles. The highest BCUT2D eigenvalue weighted by atomic mass is 15.2. The largest absolute Gasteiger partial charge is 0.350 e. The smallest absolute Gasteiger partial charge is 0.243 e. The Morgan fingerprint density at radius 1 is 0.895 bits per heavy atom. The van der Waals surface area contributed by atoms with Crippen molar-refractivity contribution >= 4 is 5.95 Å². The van der Waals surface area contributed by atoms with Gasteiger partial charge in [-0.25, -0.2) is 4.98 Å². The molecule has 0 aromatic carbocycles. The second-order valence-corrected chi connectivity index (χ2v) is 5.01. The number of unbranched alkanes of at least 4 members (excludes halogenated alkanes) is 1. The molecule has 1 aromatic heterocycles. The van der Waals surface area contributed by atoms with Gasteiger partial charge in [-0.05, 0) is 25.7 Å². The van der Waals surface area contributed by atoms with E-state index < -0.39 is 0 Å². The van der Waals surface area contributed by atoms with Crippen LogP contribution in [0.25, 0.3) is 0 Å². The third-order valence-corrected chi connectivity index (χ3v) is 3.39. The molecule has 0 fully saturated rings. The first kappa shape index (κ1) is 15.9. The number of aromatic nitrogens is 3. The summed E-state index contributed by atoms with van der Waals surface area (Å²) in [7, 11) is 0. The molecule has 0 aliphatic heterocycles. The fourth-order valence-corrected chi connectivity index (χ4v) is 2.27. The molecule has 1 atom stereocenters.